The molecule has 2 aliphatic rings. The van der Waals surface area contributed by atoms with Crippen molar-refractivity contribution in [1.29, 1.82) is 0 Å². The smallest absolute Gasteiger partial charge is 0.269 e. The molecule has 1 amide bonds. The first-order valence-electron chi connectivity index (χ1n) is 13.5. The number of rotatable bonds is 9. The van der Waals surface area contributed by atoms with Crippen molar-refractivity contribution in [2.45, 2.75) is 58.3 Å². The van der Waals surface area contributed by atoms with Gasteiger partial charge < -0.3 is 9.80 Å². The second-order valence-corrected chi connectivity index (χ2v) is 10.3. The maximum absolute atomic E-state index is 13.8. The van der Waals surface area contributed by atoms with E-state index in [1.54, 1.807) is 12.1 Å². The lowest BCUT2D eigenvalue weighted by molar-refractivity contribution is -0.384. The standard InChI is InChI=1S/C30H37N3O4/c1-2-23(22-34)19-25-7-6-10-29(20-25)32(30(35)26-8-4-3-5-9-26)21-24-15-17-31(18-16-24)27-11-13-28(14-12-27)33(36)37/h6-7,10-14,19-20,22,24,26H,2-5,8-9,15-18,21H2,1H3. The van der Waals surface area contributed by atoms with Crippen LogP contribution in [0, 0.1) is 22.0 Å². The van der Waals surface area contributed by atoms with Gasteiger partial charge >= 0.3 is 0 Å². The fourth-order valence-corrected chi connectivity index (χ4v) is 5.53. The summed E-state index contributed by atoms with van der Waals surface area (Å²) in [6, 6.07) is 14.7. The Balaban J connectivity index is 1.49. The van der Waals surface area contributed by atoms with Gasteiger partial charge in [-0.15, -0.1) is 0 Å². The number of nitrogens with zero attached hydrogens (tertiary/aromatic N) is 3. The monoisotopic (exact) mass is 503 g/mol. The van der Waals surface area contributed by atoms with Crippen LogP contribution in [0.1, 0.15) is 63.9 Å². The van der Waals surface area contributed by atoms with Crippen molar-refractivity contribution >= 4 is 35.3 Å². The molecule has 4 rings (SSSR count). The predicted octanol–water partition coefficient (Wildman–Crippen LogP) is 6.42. The number of allylic oxidation sites excluding steroid dienone is 1. The molecule has 2 aromatic carbocycles. The summed E-state index contributed by atoms with van der Waals surface area (Å²) in [5.74, 6) is 0.682. The molecule has 1 saturated carbocycles. The normalized spacial score (nSPS) is 17.4. The van der Waals surface area contributed by atoms with Crippen molar-refractivity contribution in [3.05, 3.63) is 69.8 Å². The maximum atomic E-state index is 13.8. The first-order valence-corrected chi connectivity index (χ1v) is 13.5. The van der Waals surface area contributed by atoms with Crippen molar-refractivity contribution < 1.29 is 14.5 Å². The molecule has 0 atom stereocenters. The number of carbonyl (C=O) groups is 2. The fraction of sp³-hybridized carbons (Fsp3) is 0.467. The Hall–Kier alpha value is -3.48. The first-order chi connectivity index (χ1) is 18.0. The van der Waals surface area contributed by atoms with Crippen LogP contribution in [0.5, 0.6) is 0 Å². The van der Waals surface area contributed by atoms with Gasteiger partial charge in [-0.3, -0.25) is 19.7 Å². The van der Waals surface area contributed by atoms with E-state index >= 15 is 0 Å². The summed E-state index contributed by atoms with van der Waals surface area (Å²) in [6.07, 6.45) is 10.7. The minimum Gasteiger partial charge on any atom is -0.372 e. The Bertz CT molecular complexity index is 1110. The molecule has 37 heavy (non-hydrogen) atoms. The zero-order valence-electron chi connectivity index (χ0n) is 21.7. The van der Waals surface area contributed by atoms with Gasteiger partial charge in [0, 0.05) is 49.1 Å². The van der Waals surface area contributed by atoms with Crippen molar-refractivity contribution in [3.63, 3.8) is 0 Å². The quantitative estimate of drug-likeness (QED) is 0.171. The van der Waals surface area contributed by atoms with E-state index in [-0.39, 0.29) is 22.4 Å². The molecule has 0 unspecified atom stereocenters. The van der Waals surface area contributed by atoms with E-state index in [1.807, 2.05) is 54.3 Å². The molecule has 2 fully saturated rings. The summed E-state index contributed by atoms with van der Waals surface area (Å²) >= 11 is 0. The first kappa shape index (κ1) is 26.6. The number of non-ortho nitro benzene ring substituents is 1. The molecular weight excluding hydrogens is 466 g/mol. The summed E-state index contributed by atoms with van der Waals surface area (Å²) in [7, 11) is 0. The molecule has 1 heterocycles. The van der Waals surface area contributed by atoms with Crippen LogP contribution in [-0.2, 0) is 9.59 Å². The molecular formula is C30H37N3O4. The third kappa shape index (κ3) is 6.85. The van der Waals surface area contributed by atoms with Gasteiger partial charge in [-0.05, 0) is 79.5 Å². The molecule has 0 spiro atoms. The van der Waals surface area contributed by atoms with Gasteiger partial charge in [-0.1, -0.05) is 38.3 Å². The van der Waals surface area contributed by atoms with Gasteiger partial charge in [0.2, 0.25) is 5.91 Å². The molecule has 7 nitrogen and oxygen atoms in total. The lowest BCUT2D eigenvalue weighted by atomic mass is 9.87. The Morgan fingerprint density at radius 3 is 2.38 bits per heavy atom. The average Bonchev–Trinajstić information content (AvgIpc) is 2.95. The van der Waals surface area contributed by atoms with Crippen LogP contribution in [0.4, 0.5) is 17.1 Å². The topological polar surface area (TPSA) is 83.8 Å². The highest BCUT2D eigenvalue weighted by Crippen LogP contribution is 2.31. The number of amides is 1. The molecule has 0 radical (unpaired) electrons. The van der Waals surface area contributed by atoms with Crippen molar-refractivity contribution in [2.24, 2.45) is 11.8 Å². The molecule has 2 aromatic rings. The average molecular weight is 504 g/mol. The summed E-state index contributed by atoms with van der Waals surface area (Å²) in [5, 5.41) is 11.0. The molecule has 0 aromatic heterocycles. The number of nitro benzene ring substituents is 1. The van der Waals surface area contributed by atoms with Crippen LogP contribution < -0.4 is 9.80 Å². The van der Waals surface area contributed by atoms with E-state index in [1.165, 1.54) is 6.42 Å². The predicted molar refractivity (Wildman–Crippen MR) is 148 cm³/mol. The number of piperidine rings is 1. The van der Waals surface area contributed by atoms with Gasteiger partial charge in [0.15, 0.2) is 0 Å². The molecule has 0 N–H and O–H groups in total. The maximum Gasteiger partial charge on any atom is 0.269 e. The van der Waals surface area contributed by atoms with E-state index in [9.17, 15) is 19.7 Å². The highest BCUT2D eigenvalue weighted by Gasteiger charge is 2.30. The fourth-order valence-electron chi connectivity index (χ4n) is 5.53. The second kappa shape index (κ2) is 12.7. The van der Waals surface area contributed by atoms with Crippen LogP contribution in [0.25, 0.3) is 6.08 Å². The van der Waals surface area contributed by atoms with E-state index in [0.29, 0.717) is 18.9 Å². The molecule has 1 aliphatic carbocycles. The van der Waals surface area contributed by atoms with Gasteiger partial charge in [0.1, 0.15) is 6.29 Å². The zero-order chi connectivity index (χ0) is 26.2. The van der Waals surface area contributed by atoms with E-state index < -0.39 is 0 Å². The number of benzene rings is 2. The minimum absolute atomic E-state index is 0.0781. The van der Waals surface area contributed by atoms with E-state index in [0.717, 1.165) is 80.4 Å². The van der Waals surface area contributed by atoms with Crippen LogP contribution in [0.15, 0.2) is 54.1 Å². The van der Waals surface area contributed by atoms with E-state index in [2.05, 4.69) is 4.90 Å². The van der Waals surface area contributed by atoms with Crippen molar-refractivity contribution in [1.82, 2.24) is 0 Å². The number of aldehydes is 1. The molecule has 0 bridgehead atoms. The number of hydrogen-bond donors (Lipinski definition) is 0. The van der Waals surface area contributed by atoms with Crippen molar-refractivity contribution in [3.8, 4) is 0 Å². The largest absolute Gasteiger partial charge is 0.372 e. The third-order valence-corrected chi connectivity index (χ3v) is 7.79. The zero-order valence-corrected chi connectivity index (χ0v) is 21.7. The summed E-state index contributed by atoms with van der Waals surface area (Å²) in [4.78, 5) is 40.0. The number of hydrogen-bond acceptors (Lipinski definition) is 5. The summed E-state index contributed by atoms with van der Waals surface area (Å²) in [5.41, 5.74) is 3.69. The Morgan fingerprint density at radius 1 is 1.05 bits per heavy atom. The second-order valence-electron chi connectivity index (χ2n) is 10.3. The number of nitro groups is 1. The lowest BCUT2D eigenvalue weighted by Crippen LogP contribution is -2.43. The Kier molecular flexibility index (Phi) is 9.09. The van der Waals surface area contributed by atoms with Gasteiger partial charge in [0.25, 0.3) is 5.69 Å². The van der Waals surface area contributed by atoms with Crippen molar-refractivity contribution in [2.75, 3.05) is 29.4 Å². The third-order valence-electron chi connectivity index (χ3n) is 7.79. The van der Waals surface area contributed by atoms with Gasteiger partial charge in [-0.2, -0.15) is 0 Å². The summed E-state index contributed by atoms with van der Waals surface area (Å²) in [6.45, 7) is 4.36. The highest BCUT2D eigenvalue weighted by atomic mass is 16.6. The lowest BCUT2D eigenvalue weighted by Gasteiger charge is -2.37. The van der Waals surface area contributed by atoms with Gasteiger partial charge in [0.05, 0.1) is 4.92 Å². The SMILES string of the molecule is CCC(C=O)=Cc1cccc(N(CC2CCN(c3ccc([N+](=O)[O-])cc3)CC2)C(=O)C2CCCCC2)c1. The number of carbonyl (C=O) groups excluding carboxylic acids is 2. The van der Waals surface area contributed by atoms with Crippen LogP contribution >= 0.6 is 0 Å². The Labute approximate surface area is 219 Å². The Morgan fingerprint density at radius 2 is 1.76 bits per heavy atom. The molecule has 1 saturated heterocycles. The molecule has 7 heteroatoms. The minimum atomic E-state index is -0.374. The molecule has 196 valence electrons. The van der Waals surface area contributed by atoms with Crippen LogP contribution in [0.2, 0.25) is 0 Å². The van der Waals surface area contributed by atoms with E-state index in [4.69, 9.17) is 0 Å². The highest BCUT2D eigenvalue weighted by molar-refractivity contribution is 5.95. The summed E-state index contributed by atoms with van der Waals surface area (Å²) < 4.78 is 0. The van der Waals surface area contributed by atoms with Crippen LogP contribution in [0.3, 0.4) is 0 Å². The molecule has 1 aliphatic heterocycles. The van der Waals surface area contributed by atoms with Gasteiger partial charge in [-0.25, -0.2) is 0 Å². The van der Waals surface area contributed by atoms with Crippen LogP contribution in [-0.4, -0.2) is 36.8 Å². The number of anilines is 2.